The van der Waals surface area contributed by atoms with Crippen molar-refractivity contribution < 1.29 is 0 Å². The molecule has 1 saturated heterocycles. The van der Waals surface area contributed by atoms with E-state index in [-0.39, 0.29) is 0 Å². The first kappa shape index (κ1) is 16.1. The summed E-state index contributed by atoms with van der Waals surface area (Å²) >= 11 is 6.05. The molecule has 2 rings (SSSR count). The number of hydrogen-bond acceptors (Lipinski definition) is 3. The van der Waals surface area contributed by atoms with Crippen LogP contribution in [-0.2, 0) is 0 Å². The third-order valence-corrected chi connectivity index (χ3v) is 4.51. The zero-order valence-corrected chi connectivity index (χ0v) is 13.7. The second-order valence-corrected chi connectivity index (χ2v) is 6.37. The molecule has 1 heterocycles. The molecule has 1 fully saturated rings. The highest BCUT2D eigenvalue weighted by atomic mass is 35.5. The second kappa shape index (κ2) is 7.68. The molecule has 114 valence electrons. The lowest BCUT2D eigenvalue weighted by Gasteiger charge is -2.36. The summed E-state index contributed by atoms with van der Waals surface area (Å²) in [6, 6.07) is 7.96. The van der Waals surface area contributed by atoms with Crippen molar-refractivity contribution in [1.29, 1.82) is 5.26 Å². The van der Waals surface area contributed by atoms with E-state index in [1.807, 2.05) is 6.07 Å². The van der Waals surface area contributed by atoms with Crippen LogP contribution < -0.4 is 5.32 Å². The number of piperidine rings is 1. The maximum Gasteiger partial charge on any atom is 0.101 e. The van der Waals surface area contributed by atoms with Crippen LogP contribution in [0, 0.1) is 17.2 Å². The largest absolute Gasteiger partial charge is 0.381 e. The molecule has 1 aromatic carbocycles. The highest BCUT2D eigenvalue weighted by Crippen LogP contribution is 2.26. The first-order valence-electron chi connectivity index (χ1n) is 7.82. The van der Waals surface area contributed by atoms with Gasteiger partial charge < -0.3 is 10.2 Å². The van der Waals surface area contributed by atoms with Gasteiger partial charge in [-0.15, -0.1) is 0 Å². The number of nitrogens with one attached hydrogen (secondary N) is 1. The van der Waals surface area contributed by atoms with Crippen molar-refractivity contribution in [1.82, 2.24) is 4.90 Å². The van der Waals surface area contributed by atoms with Gasteiger partial charge in [0.2, 0.25) is 0 Å². The molecule has 2 unspecified atom stereocenters. The Morgan fingerprint density at radius 1 is 1.52 bits per heavy atom. The van der Waals surface area contributed by atoms with Gasteiger partial charge in [-0.1, -0.05) is 18.5 Å². The molecule has 0 spiro atoms. The Morgan fingerprint density at radius 3 is 3.05 bits per heavy atom. The molecule has 1 aromatic rings. The Morgan fingerprint density at radius 2 is 2.33 bits per heavy atom. The first-order chi connectivity index (χ1) is 10.1. The van der Waals surface area contributed by atoms with Gasteiger partial charge in [0.05, 0.1) is 11.3 Å². The van der Waals surface area contributed by atoms with E-state index in [0.29, 0.717) is 22.5 Å². The van der Waals surface area contributed by atoms with Gasteiger partial charge >= 0.3 is 0 Å². The minimum absolute atomic E-state index is 0.343. The van der Waals surface area contributed by atoms with Crippen molar-refractivity contribution in [2.45, 2.75) is 39.2 Å². The molecule has 2 atom stereocenters. The second-order valence-electron chi connectivity index (χ2n) is 5.94. The smallest absolute Gasteiger partial charge is 0.101 e. The molecule has 0 radical (unpaired) electrons. The number of hydrogen-bond donors (Lipinski definition) is 1. The number of rotatable bonds is 5. The standard InChI is InChI=1S/C17H24ClN3/c1-3-8-21-9-4-5-15(12-21)13(2)20-17-10-16(18)7-6-14(17)11-19/h6-7,10,13,15,20H,3-5,8-9,12H2,1-2H3. The van der Waals surface area contributed by atoms with Crippen LogP contribution in [0.1, 0.15) is 38.7 Å². The van der Waals surface area contributed by atoms with E-state index in [0.717, 1.165) is 12.2 Å². The van der Waals surface area contributed by atoms with Crippen LogP contribution in [0.25, 0.3) is 0 Å². The molecule has 0 bridgehead atoms. The van der Waals surface area contributed by atoms with Gasteiger partial charge in [0.15, 0.2) is 0 Å². The molecule has 4 heteroatoms. The maximum absolute atomic E-state index is 9.20. The lowest BCUT2D eigenvalue weighted by atomic mass is 9.91. The highest BCUT2D eigenvalue weighted by Gasteiger charge is 2.24. The third kappa shape index (κ3) is 4.36. The number of likely N-dealkylation sites (tertiary alicyclic amines) is 1. The van der Waals surface area contributed by atoms with Gasteiger partial charge in [-0.2, -0.15) is 5.26 Å². The summed E-state index contributed by atoms with van der Waals surface area (Å²) in [5.74, 6) is 0.621. The van der Waals surface area contributed by atoms with Gasteiger partial charge in [0.1, 0.15) is 6.07 Å². The molecule has 0 saturated carbocycles. The summed E-state index contributed by atoms with van der Waals surface area (Å²) in [7, 11) is 0. The summed E-state index contributed by atoms with van der Waals surface area (Å²) < 4.78 is 0. The minimum atomic E-state index is 0.343. The van der Waals surface area contributed by atoms with Crippen LogP contribution in [0.5, 0.6) is 0 Å². The Kier molecular flexibility index (Phi) is 5.90. The van der Waals surface area contributed by atoms with Crippen LogP contribution >= 0.6 is 11.6 Å². The number of benzene rings is 1. The van der Waals surface area contributed by atoms with E-state index in [1.165, 1.54) is 32.4 Å². The van der Waals surface area contributed by atoms with Crippen LogP contribution in [0.15, 0.2) is 18.2 Å². The van der Waals surface area contributed by atoms with E-state index in [4.69, 9.17) is 11.6 Å². The molecule has 21 heavy (non-hydrogen) atoms. The Labute approximate surface area is 132 Å². The monoisotopic (exact) mass is 305 g/mol. The van der Waals surface area contributed by atoms with E-state index in [1.54, 1.807) is 12.1 Å². The Hall–Kier alpha value is -1.24. The summed E-state index contributed by atoms with van der Waals surface area (Å²) in [5, 5.41) is 13.4. The first-order valence-corrected chi connectivity index (χ1v) is 8.20. The highest BCUT2D eigenvalue weighted by molar-refractivity contribution is 6.30. The van der Waals surface area contributed by atoms with Crippen LogP contribution in [0.4, 0.5) is 5.69 Å². The molecular formula is C17H24ClN3. The Balaban J connectivity index is 2.02. The van der Waals surface area contributed by atoms with Gasteiger partial charge in [-0.05, 0) is 63.4 Å². The average molecular weight is 306 g/mol. The summed E-state index contributed by atoms with van der Waals surface area (Å²) in [6.45, 7) is 7.99. The molecule has 1 aliphatic heterocycles. The zero-order chi connectivity index (χ0) is 15.2. The fourth-order valence-corrected chi connectivity index (χ4v) is 3.29. The van der Waals surface area contributed by atoms with Gasteiger partial charge in [-0.3, -0.25) is 0 Å². The van der Waals surface area contributed by atoms with E-state index >= 15 is 0 Å². The van der Waals surface area contributed by atoms with E-state index < -0.39 is 0 Å². The number of halogens is 1. The molecule has 0 amide bonds. The summed E-state index contributed by atoms with van der Waals surface area (Å²) in [6.07, 6.45) is 3.72. The van der Waals surface area contributed by atoms with Crippen LogP contribution in [0.3, 0.4) is 0 Å². The predicted octanol–water partition coefficient (Wildman–Crippen LogP) is 4.13. The molecule has 1 aliphatic rings. The summed E-state index contributed by atoms with van der Waals surface area (Å²) in [5.41, 5.74) is 1.51. The van der Waals surface area contributed by atoms with Crippen LogP contribution in [0.2, 0.25) is 5.02 Å². The minimum Gasteiger partial charge on any atom is -0.381 e. The van der Waals surface area contributed by atoms with Crippen molar-refractivity contribution in [3.8, 4) is 6.07 Å². The molecule has 1 N–H and O–H groups in total. The quantitative estimate of drug-likeness (QED) is 0.889. The lowest BCUT2D eigenvalue weighted by Crippen LogP contribution is -2.42. The Bertz CT molecular complexity index is 507. The average Bonchev–Trinajstić information content (AvgIpc) is 2.48. The predicted molar refractivity (Wildman–Crippen MR) is 88.7 cm³/mol. The van der Waals surface area contributed by atoms with Crippen molar-refractivity contribution in [2.24, 2.45) is 5.92 Å². The fourth-order valence-electron chi connectivity index (χ4n) is 3.12. The zero-order valence-electron chi connectivity index (χ0n) is 12.9. The van der Waals surface area contributed by atoms with Crippen molar-refractivity contribution >= 4 is 17.3 Å². The molecule has 0 aliphatic carbocycles. The number of nitrogens with zero attached hydrogens (tertiary/aromatic N) is 2. The lowest BCUT2D eigenvalue weighted by molar-refractivity contribution is 0.165. The molecule has 3 nitrogen and oxygen atoms in total. The normalized spacial score (nSPS) is 20.8. The molecule has 0 aromatic heterocycles. The van der Waals surface area contributed by atoms with Gasteiger partial charge in [-0.25, -0.2) is 0 Å². The van der Waals surface area contributed by atoms with Crippen molar-refractivity contribution in [3.05, 3.63) is 28.8 Å². The summed E-state index contributed by atoms with van der Waals surface area (Å²) in [4.78, 5) is 2.55. The SMILES string of the molecule is CCCN1CCCC(C(C)Nc2cc(Cl)ccc2C#N)C1. The number of anilines is 1. The van der Waals surface area contributed by atoms with Crippen LogP contribution in [-0.4, -0.2) is 30.6 Å². The van der Waals surface area contributed by atoms with Gasteiger partial charge in [0.25, 0.3) is 0 Å². The molecular weight excluding hydrogens is 282 g/mol. The third-order valence-electron chi connectivity index (χ3n) is 4.27. The fraction of sp³-hybridized carbons (Fsp3) is 0.588. The topological polar surface area (TPSA) is 39.1 Å². The van der Waals surface area contributed by atoms with Gasteiger partial charge in [0, 0.05) is 17.6 Å². The van der Waals surface area contributed by atoms with Crippen molar-refractivity contribution in [3.63, 3.8) is 0 Å². The van der Waals surface area contributed by atoms with E-state index in [2.05, 4.69) is 30.1 Å². The van der Waals surface area contributed by atoms with Crippen molar-refractivity contribution in [2.75, 3.05) is 25.0 Å². The van der Waals surface area contributed by atoms with E-state index in [9.17, 15) is 5.26 Å². The maximum atomic E-state index is 9.20. The number of nitriles is 1.